The van der Waals surface area contributed by atoms with Crippen molar-refractivity contribution in [2.45, 2.75) is 13.3 Å². The number of ether oxygens (including phenoxy) is 1. The number of aryl methyl sites for hydroxylation is 1. The zero-order valence-electron chi connectivity index (χ0n) is 13.0. The molecular formula is C15H18N4O3S. The molecule has 0 saturated heterocycles. The van der Waals surface area contributed by atoms with Gasteiger partial charge in [0.2, 0.25) is 5.01 Å². The molecule has 8 heteroatoms. The first kappa shape index (κ1) is 17.0. The predicted octanol–water partition coefficient (Wildman–Crippen LogP) is 1.87. The minimum absolute atomic E-state index is 0.154. The van der Waals surface area contributed by atoms with E-state index in [1.54, 1.807) is 38.3 Å². The zero-order valence-corrected chi connectivity index (χ0v) is 13.8. The zero-order chi connectivity index (χ0) is 16.7. The number of aromatic nitrogens is 2. The summed E-state index contributed by atoms with van der Waals surface area (Å²) in [5.41, 5.74) is 1.13. The maximum Gasteiger partial charge on any atom is 0.286 e. The second kappa shape index (κ2) is 8.35. The van der Waals surface area contributed by atoms with E-state index in [2.05, 4.69) is 20.8 Å². The molecule has 23 heavy (non-hydrogen) atoms. The molecule has 0 spiro atoms. The van der Waals surface area contributed by atoms with Gasteiger partial charge in [-0.05, 0) is 37.6 Å². The minimum Gasteiger partial charge on any atom is -0.385 e. The van der Waals surface area contributed by atoms with Crippen LogP contribution < -0.4 is 10.6 Å². The lowest BCUT2D eigenvalue weighted by Crippen LogP contribution is -2.25. The number of nitrogens with one attached hydrogen (secondary N) is 2. The molecule has 1 heterocycles. The van der Waals surface area contributed by atoms with Crippen LogP contribution in [0, 0.1) is 6.92 Å². The quantitative estimate of drug-likeness (QED) is 0.754. The van der Waals surface area contributed by atoms with Gasteiger partial charge in [0.15, 0.2) is 0 Å². The van der Waals surface area contributed by atoms with Crippen molar-refractivity contribution in [2.75, 3.05) is 25.6 Å². The molecule has 0 atom stereocenters. The van der Waals surface area contributed by atoms with Gasteiger partial charge in [-0.15, -0.1) is 10.2 Å². The van der Waals surface area contributed by atoms with Gasteiger partial charge < -0.3 is 15.4 Å². The molecule has 0 saturated carbocycles. The Morgan fingerprint density at radius 1 is 1.17 bits per heavy atom. The van der Waals surface area contributed by atoms with Crippen molar-refractivity contribution < 1.29 is 14.3 Å². The standard InChI is InChI=1S/C15H18N4O3S/c1-10-18-19-15(23-10)14(21)17-12-6-4-11(5-7-12)13(20)16-8-3-9-22-2/h4-7H,3,8-9H2,1-2H3,(H,16,20)(H,17,21). The summed E-state index contributed by atoms with van der Waals surface area (Å²) >= 11 is 1.23. The van der Waals surface area contributed by atoms with Crippen molar-refractivity contribution in [1.29, 1.82) is 0 Å². The molecule has 122 valence electrons. The number of hydrogen-bond acceptors (Lipinski definition) is 6. The van der Waals surface area contributed by atoms with Crippen LogP contribution in [0.2, 0.25) is 0 Å². The van der Waals surface area contributed by atoms with Crippen molar-refractivity contribution in [3.63, 3.8) is 0 Å². The molecule has 0 radical (unpaired) electrons. The first-order valence-electron chi connectivity index (χ1n) is 7.09. The molecule has 1 aromatic carbocycles. The molecule has 7 nitrogen and oxygen atoms in total. The summed E-state index contributed by atoms with van der Waals surface area (Å²) in [6.07, 6.45) is 0.762. The Hall–Kier alpha value is -2.32. The number of hydrogen-bond donors (Lipinski definition) is 2. The van der Waals surface area contributed by atoms with E-state index < -0.39 is 0 Å². The first-order valence-corrected chi connectivity index (χ1v) is 7.90. The molecule has 0 aliphatic carbocycles. The topological polar surface area (TPSA) is 93.2 Å². The Morgan fingerprint density at radius 2 is 1.91 bits per heavy atom. The summed E-state index contributed by atoms with van der Waals surface area (Å²) in [7, 11) is 1.62. The maximum atomic E-state index is 12.0. The van der Waals surface area contributed by atoms with E-state index in [0.717, 1.165) is 11.4 Å². The molecule has 0 fully saturated rings. The van der Waals surface area contributed by atoms with E-state index in [1.807, 2.05) is 0 Å². The Balaban J connectivity index is 1.89. The highest BCUT2D eigenvalue weighted by Crippen LogP contribution is 2.13. The van der Waals surface area contributed by atoms with Crippen LogP contribution in [0.25, 0.3) is 0 Å². The van der Waals surface area contributed by atoms with Crippen molar-refractivity contribution in [3.05, 3.63) is 39.8 Å². The van der Waals surface area contributed by atoms with Gasteiger partial charge in [-0.2, -0.15) is 0 Å². The van der Waals surface area contributed by atoms with Crippen LogP contribution in [0.1, 0.15) is 31.6 Å². The van der Waals surface area contributed by atoms with Crippen LogP contribution in [0.15, 0.2) is 24.3 Å². The largest absolute Gasteiger partial charge is 0.385 e. The van der Waals surface area contributed by atoms with Gasteiger partial charge in [0.05, 0.1) is 0 Å². The molecule has 0 aliphatic heterocycles. The minimum atomic E-state index is -0.313. The first-order chi connectivity index (χ1) is 11.1. The van der Waals surface area contributed by atoms with Gasteiger partial charge in [-0.3, -0.25) is 9.59 Å². The number of carbonyl (C=O) groups is 2. The highest BCUT2D eigenvalue weighted by molar-refractivity contribution is 7.13. The third kappa shape index (κ3) is 5.11. The van der Waals surface area contributed by atoms with E-state index in [4.69, 9.17) is 4.74 Å². The van der Waals surface area contributed by atoms with Crippen LogP contribution in [0.3, 0.4) is 0 Å². The van der Waals surface area contributed by atoms with E-state index in [1.165, 1.54) is 11.3 Å². The summed E-state index contributed by atoms with van der Waals surface area (Å²) in [4.78, 5) is 23.9. The summed E-state index contributed by atoms with van der Waals surface area (Å²) < 4.78 is 4.92. The van der Waals surface area contributed by atoms with Gasteiger partial charge in [0, 0.05) is 31.5 Å². The van der Waals surface area contributed by atoms with Crippen molar-refractivity contribution in [3.8, 4) is 0 Å². The summed E-state index contributed by atoms with van der Waals surface area (Å²) in [5, 5.41) is 14.2. The van der Waals surface area contributed by atoms with Gasteiger partial charge in [-0.1, -0.05) is 11.3 Å². The Morgan fingerprint density at radius 3 is 2.52 bits per heavy atom. The van der Waals surface area contributed by atoms with Gasteiger partial charge >= 0.3 is 0 Å². The number of amides is 2. The number of anilines is 1. The fraction of sp³-hybridized carbons (Fsp3) is 0.333. The number of nitrogens with zero attached hydrogens (tertiary/aromatic N) is 2. The fourth-order valence-corrected chi connectivity index (χ4v) is 2.39. The molecule has 2 aromatic rings. The summed E-state index contributed by atoms with van der Waals surface area (Å²) in [6.45, 7) is 2.95. The van der Waals surface area contributed by atoms with Crippen LogP contribution in [0.4, 0.5) is 5.69 Å². The molecule has 2 rings (SSSR count). The lowest BCUT2D eigenvalue weighted by molar-refractivity contribution is 0.0948. The number of benzene rings is 1. The van der Waals surface area contributed by atoms with E-state index in [9.17, 15) is 9.59 Å². The molecule has 2 N–H and O–H groups in total. The second-order valence-corrected chi connectivity index (χ2v) is 5.94. The molecule has 0 unspecified atom stereocenters. The summed E-state index contributed by atoms with van der Waals surface area (Å²) in [5.74, 6) is -0.467. The fourth-order valence-electron chi connectivity index (χ4n) is 1.80. The van der Waals surface area contributed by atoms with Crippen LogP contribution in [0.5, 0.6) is 0 Å². The average molecular weight is 334 g/mol. The van der Waals surface area contributed by atoms with Crippen LogP contribution in [-0.4, -0.2) is 42.3 Å². The van der Waals surface area contributed by atoms with E-state index >= 15 is 0 Å². The van der Waals surface area contributed by atoms with Gasteiger partial charge in [0.25, 0.3) is 11.8 Å². The van der Waals surface area contributed by atoms with Crippen LogP contribution >= 0.6 is 11.3 Å². The molecule has 1 aromatic heterocycles. The van der Waals surface area contributed by atoms with Crippen LogP contribution in [-0.2, 0) is 4.74 Å². The third-order valence-electron chi connectivity index (χ3n) is 2.94. The maximum absolute atomic E-state index is 12.0. The second-order valence-electron chi connectivity index (χ2n) is 4.76. The van der Waals surface area contributed by atoms with Crippen molar-refractivity contribution in [1.82, 2.24) is 15.5 Å². The SMILES string of the molecule is COCCCNC(=O)c1ccc(NC(=O)c2nnc(C)s2)cc1. The Labute approximate surface area is 138 Å². The molecule has 0 aliphatic rings. The third-order valence-corrected chi connectivity index (χ3v) is 3.77. The highest BCUT2D eigenvalue weighted by Gasteiger charge is 2.12. The van der Waals surface area contributed by atoms with E-state index in [0.29, 0.717) is 29.4 Å². The lowest BCUT2D eigenvalue weighted by atomic mass is 10.2. The monoisotopic (exact) mass is 334 g/mol. The average Bonchev–Trinajstić information content (AvgIpc) is 2.99. The Kier molecular flexibility index (Phi) is 6.19. The number of carbonyl (C=O) groups excluding carboxylic acids is 2. The molecule has 2 amide bonds. The van der Waals surface area contributed by atoms with E-state index in [-0.39, 0.29) is 11.8 Å². The summed E-state index contributed by atoms with van der Waals surface area (Å²) in [6, 6.07) is 6.67. The number of methoxy groups -OCH3 is 1. The Bertz CT molecular complexity index is 670. The lowest BCUT2D eigenvalue weighted by Gasteiger charge is -2.06. The predicted molar refractivity (Wildman–Crippen MR) is 87.9 cm³/mol. The van der Waals surface area contributed by atoms with Crippen molar-refractivity contribution >= 4 is 28.8 Å². The molecular weight excluding hydrogens is 316 g/mol. The van der Waals surface area contributed by atoms with Crippen molar-refractivity contribution in [2.24, 2.45) is 0 Å². The van der Waals surface area contributed by atoms with Gasteiger partial charge in [0.1, 0.15) is 5.01 Å². The number of rotatable bonds is 7. The van der Waals surface area contributed by atoms with Gasteiger partial charge in [-0.25, -0.2) is 0 Å². The molecule has 0 bridgehead atoms. The highest BCUT2D eigenvalue weighted by atomic mass is 32.1. The normalized spacial score (nSPS) is 10.3. The smallest absolute Gasteiger partial charge is 0.286 e.